The van der Waals surface area contributed by atoms with Gasteiger partial charge in [0.1, 0.15) is 16.1 Å². The van der Waals surface area contributed by atoms with Crippen molar-refractivity contribution in [3.63, 3.8) is 0 Å². The molecule has 2 aromatic heterocycles. The summed E-state index contributed by atoms with van der Waals surface area (Å²) in [5.74, 6) is 2.10. The van der Waals surface area contributed by atoms with E-state index in [0.717, 1.165) is 27.9 Å². The minimum atomic E-state index is -0.171. The number of benzene rings is 1. The Balaban J connectivity index is 1.46. The monoisotopic (exact) mass is 489 g/mol. The minimum Gasteiger partial charge on any atom is -0.493 e. The van der Waals surface area contributed by atoms with Crippen molar-refractivity contribution >= 4 is 50.2 Å². The molecular formula is C22H27N5O4S2. The lowest BCUT2D eigenvalue weighted by molar-refractivity contribution is -0.113. The van der Waals surface area contributed by atoms with Crippen LogP contribution in [-0.4, -0.2) is 61.0 Å². The smallest absolute Gasteiger partial charge is 0.234 e. The molecule has 0 bridgehead atoms. The van der Waals surface area contributed by atoms with Gasteiger partial charge in [0.2, 0.25) is 11.7 Å². The third-order valence-corrected chi connectivity index (χ3v) is 7.59. The zero-order valence-electron chi connectivity index (χ0n) is 19.1. The fraction of sp³-hybridized carbons (Fsp3) is 0.455. The summed E-state index contributed by atoms with van der Waals surface area (Å²) in [6.45, 7) is 4.29. The molecule has 0 aliphatic carbocycles. The van der Waals surface area contributed by atoms with E-state index in [-0.39, 0.29) is 11.7 Å². The molecule has 3 aromatic rings. The van der Waals surface area contributed by atoms with E-state index in [0.29, 0.717) is 34.5 Å². The number of thioether (sulfide) groups is 1. The number of carbonyl (C=O) groups is 1. The van der Waals surface area contributed by atoms with E-state index in [1.807, 2.05) is 0 Å². The zero-order chi connectivity index (χ0) is 23.4. The first-order chi connectivity index (χ1) is 16.0. The second-order valence-electron chi connectivity index (χ2n) is 7.77. The van der Waals surface area contributed by atoms with Gasteiger partial charge in [0.25, 0.3) is 0 Å². The normalized spacial score (nSPS) is 16.0. The van der Waals surface area contributed by atoms with Crippen molar-refractivity contribution < 1.29 is 19.0 Å². The highest BCUT2D eigenvalue weighted by Crippen LogP contribution is 2.40. The van der Waals surface area contributed by atoms with Crippen LogP contribution < -0.4 is 24.4 Å². The summed E-state index contributed by atoms with van der Waals surface area (Å²) in [7, 11) is 4.61. The van der Waals surface area contributed by atoms with Crippen LogP contribution >= 0.6 is 23.1 Å². The molecule has 1 fully saturated rings. The molecule has 1 saturated heterocycles. The fourth-order valence-corrected chi connectivity index (χ4v) is 5.73. The second kappa shape index (κ2) is 10.4. The van der Waals surface area contributed by atoms with E-state index in [9.17, 15) is 4.79 Å². The number of nitrogens with zero attached hydrogens (tertiary/aromatic N) is 4. The molecule has 0 radical (unpaired) electrons. The Morgan fingerprint density at radius 3 is 2.64 bits per heavy atom. The average Bonchev–Trinajstić information content (AvgIpc) is 3.27. The van der Waals surface area contributed by atoms with E-state index in [2.05, 4.69) is 27.1 Å². The van der Waals surface area contributed by atoms with Gasteiger partial charge >= 0.3 is 0 Å². The summed E-state index contributed by atoms with van der Waals surface area (Å²) in [5.41, 5.74) is 1.23. The lowest BCUT2D eigenvalue weighted by atomic mass is 10.0. The Morgan fingerprint density at radius 2 is 1.97 bits per heavy atom. The van der Waals surface area contributed by atoms with Gasteiger partial charge in [0.05, 0.1) is 27.1 Å². The van der Waals surface area contributed by atoms with Crippen LogP contribution in [0.4, 0.5) is 10.8 Å². The number of methoxy groups -OCH3 is 3. The number of thiazole rings is 1. The number of hydrogen-bond donors (Lipinski definition) is 1. The second-order valence-corrected chi connectivity index (χ2v) is 9.71. The molecule has 1 aromatic carbocycles. The molecule has 0 spiro atoms. The van der Waals surface area contributed by atoms with Gasteiger partial charge in [-0.3, -0.25) is 4.79 Å². The van der Waals surface area contributed by atoms with Gasteiger partial charge < -0.3 is 24.4 Å². The maximum absolute atomic E-state index is 12.7. The van der Waals surface area contributed by atoms with Crippen molar-refractivity contribution in [3.05, 3.63) is 18.5 Å². The zero-order valence-corrected chi connectivity index (χ0v) is 20.7. The van der Waals surface area contributed by atoms with Crippen LogP contribution in [0.2, 0.25) is 0 Å². The molecule has 1 atom stereocenters. The number of hydrogen-bond acceptors (Lipinski definition) is 10. The van der Waals surface area contributed by atoms with E-state index in [1.165, 1.54) is 52.3 Å². The van der Waals surface area contributed by atoms with Gasteiger partial charge in [-0.2, -0.15) is 4.98 Å². The van der Waals surface area contributed by atoms with Crippen molar-refractivity contribution in [1.29, 1.82) is 0 Å². The predicted molar refractivity (Wildman–Crippen MR) is 131 cm³/mol. The number of amides is 1. The van der Waals surface area contributed by atoms with Crippen molar-refractivity contribution in [2.75, 3.05) is 50.4 Å². The lowest BCUT2D eigenvalue weighted by Gasteiger charge is -2.30. The first-order valence-corrected chi connectivity index (χ1v) is 12.4. The van der Waals surface area contributed by atoms with Crippen LogP contribution in [0.3, 0.4) is 0 Å². The first-order valence-electron chi connectivity index (χ1n) is 10.6. The molecule has 1 N–H and O–H groups in total. The third kappa shape index (κ3) is 5.25. The molecule has 9 nitrogen and oxygen atoms in total. The van der Waals surface area contributed by atoms with Gasteiger partial charge in [-0.1, -0.05) is 30.0 Å². The van der Waals surface area contributed by atoms with Crippen molar-refractivity contribution in [3.8, 4) is 17.2 Å². The highest BCUT2D eigenvalue weighted by atomic mass is 32.2. The molecule has 33 heavy (non-hydrogen) atoms. The highest BCUT2D eigenvalue weighted by molar-refractivity contribution is 8.00. The Bertz CT molecular complexity index is 1110. The molecule has 11 heteroatoms. The number of rotatable bonds is 8. The summed E-state index contributed by atoms with van der Waals surface area (Å²) in [6, 6.07) is 3.39. The Labute approximate surface area is 200 Å². The van der Waals surface area contributed by atoms with E-state index in [1.54, 1.807) is 23.5 Å². The largest absolute Gasteiger partial charge is 0.493 e. The third-order valence-electron chi connectivity index (χ3n) is 5.36. The summed E-state index contributed by atoms with van der Waals surface area (Å²) >= 11 is 2.96. The summed E-state index contributed by atoms with van der Waals surface area (Å²) < 4.78 is 16.9. The maximum Gasteiger partial charge on any atom is 0.234 e. The first kappa shape index (κ1) is 23.4. The number of anilines is 2. The standard InChI is InChI=1S/C22H27N5O4S2/c1-13-6-5-7-27(10-13)22-26-20-19(33-22)21(24-12-23-20)32-11-17(28)25-14-8-15(29-2)18(31-4)16(9-14)30-3/h8-9,12-13H,5-7,10-11H2,1-4H3,(H,25,28)/t13-/m0/s1. The Kier molecular flexibility index (Phi) is 7.39. The SMILES string of the molecule is COc1cc(NC(=O)CSc2ncnc3nc(N4CCC[C@H](C)C4)sc23)cc(OC)c1OC. The van der Waals surface area contributed by atoms with Crippen LogP contribution in [0.5, 0.6) is 17.2 Å². The fourth-order valence-electron chi connectivity index (χ4n) is 3.81. The number of ether oxygens (including phenoxy) is 3. The lowest BCUT2D eigenvalue weighted by Crippen LogP contribution is -2.34. The molecule has 1 aliphatic heterocycles. The summed E-state index contributed by atoms with van der Waals surface area (Å²) in [4.78, 5) is 28.4. The summed E-state index contributed by atoms with van der Waals surface area (Å²) in [6.07, 6.45) is 3.93. The molecule has 4 rings (SSSR count). The van der Waals surface area contributed by atoms with E-state index in [4.69, 9.17) is 19.2 Å². The van der Waals surface area contributed by atoms with Gasteiger partial charge in [-0.15, -0.1) is 0 Å². The number of aromatic nitrogens is 3. The molecule has 176 valence electrons. The summed E-state index contributed by atoms with van der Waals surface area (Å²) in [5, 5.41) is 4.61. The number of carbonyl (C=O) groups excluding carboxylic acids is 1. The van der Waals surface area contributed by atoms with Gasteiger partial charge in [-0.05, 0) is 18.8 Å². The Hall–Kier alpha value is -2.79. The van der Waals surface area contributed by atoms with Gasteiger partial charge in [0, 0.05) is 30.9 Å². The number of piperidine rings is 1. The molecule has 0 saturated carbocycles. The van der Waals surface area contributed by atoms with Crippen molar-refractivity contribution in [2.24, 2.45) is 5.92 Å². The molecule has 1 aliphatic rings. The molecule has 1 amide bonds. The average molecular weight is 490 g/mol. The Morgan fingerprint density at radius 1 is 1.21 bits per heavy atom. The number of nitrogens with one attached hydrogen (secondary N) is 1. The van der Waals surface area contributed by atoms with Crippen molar-refractivity contribution in [2.45, 2.75) is 24.8 Å². The van der Waals surface area contributed by atoms with E-state index < -0.39 is 0 Å². The maximum atomic E-state index is 12.7. The van der Waals surface area contributed by atoms with Gasteiger partial charge in [-0.25, -0.2) is 9.97 Å². The number of fused-ring (bicyclic) bond motifs is 1. The van der Waals surface area contributed by atoms with Crippen LogP contribution in [0.1, 0.15) is 19.8 Å². The van der Waals surface area contributed by atoms with Crippen molar-refractivity contribution in [1.82, 2.24) is 15.0 Å². The van der Waals surface area contributed by atoms with Crippen LogP contribution in [-0.2, 0) is 4.79 Å². The van der Waals surface area contributed by atoms with Crippen LogP contribution in [0.25, 0.3) is 10.3 Å². The topological polar surface area (TPSA) is 98.7 Å². The molecule has 0 unspecified atom stereocenters. The van der Waals surface area contributed by atoms with E-state index >= 15 is 0 Å². The highest BCUT2D eigenvalue weighted by Gasteiger charge is 2.21. The predicted octanol–water partition coefficient (Wildman–Crippen LogP) is 4.08. The van der Waals surface area contributed by atoms with Crippen LogP contribution in [0, 0.1) is 5.92 Å². The van der Waals surface area contributed by atoms with Gasteiger partial charge in [0.15, 0.2) is 22.3 Å². The van der Waals surface area contributed by atoms with Crippen LogP contribution in [0.15, 0.2) is 23.5 Å². The molecule has 3 heterocycles. The molecular weight excluding hydrogens is 462 g/mol. The quantitative estimate of drug-likeness (QED) is 0.371. The minimum absolute atomic E-state index is 0.171.